The molecule has 2 heterocycles. The minimum atomic E-state index is -4.22. The maximum atomic E-state index is 13.7. The first-order chi connectivity index (χ1) is 17.5. The van der Waals surface area contributed by atoms with E-state index in [0.29, 0.717) is 5.56 Å². The first-order valence-electron chi connectivity index (χ1n) is 12.3. The lowest BCUT2D eigenvalue weighted by Crippen LogP contribution is -2.63. The largest absolute Gasteiger partial charge is 0.530 e. The van der Waals surface area contributed by atoms with Crippen molar-refractivity contribution < 1.29 is 54.4 Å². The summed E-state index contributed by atoms with van der Waals surface area (Å²) in [4.78, 5) is 0. The van der Waals surface area contributed by atoms with E-state index in [2.05, 4.69) is 0 Å². The first-order valence-corrected chi connectivity index (χ1v) is 15.6. The Bertz CT molecular complexity index is 1100. The predicted molar refractivity (Wildman–Crippen MR) is 134 cm³/mol. The average molecular weight is 581 g/mol. The molecule has 0 bridgehead atoms. The van der Waals surface area contributed by atoms with E-state index >= 15 is 0 Å². The molecule has 3 unspecified atom stereocenters. The molecule has 0 radical (unpaired) electrons. The lowest BCUT2D eigenvalue weighted by molar-refractivity contribution is -0.195. The number of benzene rings is 1. The van der Waals surface area contributed by atoms with E-state index in [1.165, 1.54) is 19.2 Å². The summed E-state index contributed by atoms with van der Waals surface area (Å²) in [6.45, 7) is 10.8. The molecule has 14 heteroatoms. The molecule has 1 aromatic carbocycles. The number of hydrogen-bond donors (Lipinski definition) is 0. The summed E-state index contributed by atoms with van der Waals surface area (Å²) >= 11 is 0. The van der Waals surface area contributed by atoms with Gasteiger partial charge in [-0.05, 0) is 59.2 Å². The Labute approximate surface area is 223 Å². The van der Waals surface area contributed by atoms with Crippen LogP contribution in [-0.2, 0) is 58.2 Å². The molecule has 3 fully saturated rings. The number of rotatable bonds is 10. The number of ether oxygens (including phenoxy) is 5. The van der Waals surface area contributed by atoms with E-state index < -0.39 is 66.1 Å². The molecule has 12 nitrogen and oxygen atoms in total. The molecule has 0 aromatic heterocycles. The van der Waals surface area contributed by atoms with E-state index in [1.807, 2.05) is 13.8 Å². The second kappa shape index (κ2) is 10.7. The summed E-state index contributed by atoms with van der Waals surface area (Å²) in [5.74, 6) is -1.76. The number of fused-ring (bicyclic) bond motifs is 2. The zero-order chi connectivity index (χ0) is 28.1. The van der Waals surface area contributed by atoms with Crippen LogP contribution in [0.3, 0.4) is 0 Å². The fourth-order valence-electron chi connectivity index (χ4n) is 4.82. The monoisotopic (exact) mass is 580 g/mol. The molecular formula is C24H37O12PS. The zero-order valence-corrected chi connectivity index (χ0v) is 24.5. The fraction of sp³-hybridized carbons (Fsp3) is 0.750. The third kappa shape index (κ3) is 6.95. The van der Waals surface area contributed by atoms with Gasteiger partial charge in [0, 0.05) is 7.11 Å². The third-order valence-corrected chi connectivity index (χ3v) is 8.04. The highest BCUT2D eigenvalue weighted by molar-refractivity contribution is 7.85. The van der Waals surface area contributed by atoms with Crippen molar-refractivity contribution in [2.45, 2.75) is 102 Å². The third-order valence-electron chi connectivity index (χ3n) is 6.11. The summed E-state index contributed by atoms with van der Waals surface area (Å²) in [5.41, 5.74) is 0.572. The Kier molecular flexibility index (Phi) is 8.40. The summed E-state index contributed by atoms with van der Waals surface area (Å²) in [6.07, 6.45) is -3.30. The van der Waals surface area contributed by atoms with Gasteiger partial charge >= 0.3 is 7.82 Å². The van der Waals surface area contributed by atoms with Gasteiger partial charge < -0.3 is 28.2 Å². The van der Waals surface area contributed by atoms with Gasteiger partial charge in [0.05, 0.1) is 19.0 Å². The second-order valence-electron chi connectivity index (χ2n) is 10.7. The molecule has 1 aromatic rings. The quantitative estimate of drug-likeness (QED) is 0.296. The number of phosphoric acid groups is 1. The lowest BCUT2D eigenvalue weighted by atomic mass is 9.85. The van der Waals surface area contributed by atoms with Crippen LogP contribution in [0.5, 0.6) is 5.75 Å². The van der Waals surface area contributed by atoms with Gasteiger partial charge in [-0.15, -0.1) is 0 Å². The van der Waals surface area contributed by atoms with E-state index in [-0.39, 0.29) is 18.5 Å². The average Bonchev–Trinajstić information content (AvgIpc) is 3.29. The standard InChI is InChI=1S/C24H37O12PS/c1-14(2)30-17-18-20(33-23(3,4)31-18)22(21-19(17)32-24(5,6)34-21)36-37(25,28-7)35-16-11-9-15(10-12-16)13-29-38(8,26)27/h9-12,14,17-22H,13H2,1-8H3/t17?,18-,19+,20-,21-,22?,37?/m1/s1. The highest BCUT2D eigenvalue weighted by Crippen LogP contribution is 2.55. The Morgan fingerprint density at radius 1 is 0.895 bits per heavy atom. The minimum Gasteiger partial charge on any atom is -0.404 e. The minimum absolute atomic E-state index is 0.127. The SMILES string of the molecule is COP(=O)(Oc1ccc(COS(C)(=O)=O)cc1)OC1[C@@H]2OC(C)(C)O[C@@H]2C(OC(C)C)[C@@H]2OC(C)(C)O[C@@H]12. The molecule has 4 rings (SSSR count). The van der Waals surface area contributed by atoms with Crippen LogP contribution in [0.25, 0.3) is 0 Å². The highest BCUT2D eigenvalue weighted by Gasteiger charge is 2.65. The summed E-state index contributed by atoms with van der Waals surface area (Å²) in [5, 5.41) is 0. The van der Waals surface area contributed by atoms with Crippen molar-refractivity contribution in [2.24, 2.45) is 0 Å². The summed E-state index contributed by atoms with van der Waals surface area (Å²) < 4.78 is 89.0. The first kappa shape index (κ1) is 29.9. The van der Waals surface area contributed by atoms with E-state index in [1.54, 1.807) is 39.8 Å². The van der Waals surface area contributed by atoms with Gasteiger partial charge in [0.2, 0.25) is 0 Å². The van der Waals surface area contributed by atoms with Gasteiger partial charge in [-0.1, -0.05) is 12.1 Å². The molecule has 0 amide bonds. The lowest BCUT2D eigenvalue weighted by Gasteiger charge is -2.43. The van der Waals surface area contributed by atoms with Crippen LogP contribution in [0.15, 0.2) is 24.3 Å². The van der Waals surface area contributed by atoms with Gasteiger partial charge in [0.25, 0.3) is 10.1 Å². The topological polar surface area (TPSA) is 134 Å². The van der Waals surface area contributed by atoms with Crippen molar-refractivity contribution >= 4 is 17.9 Å². The number of phosphoric ester groups is 1. The van der Waals surface area contributed by atoms with Crippen LogP contribution < -0.4 is 4.52 Å². The molecule has 2 saturated heterocycles. The van der Waals surface area contributed by atoms with Gasteiger partial charge in [-0.25, -0.2) is 4.57 Å². The van der Waals surface area contributed by atoms with Crippen molar-refractivity contribution in [3.63, 3.8) is 0 Å². The highest BCUT2D eigenvalue weighted by atomic mass is 32.2. The smallest absolute Gasteiger partial charge is 0.404 e. The van der Waals surface area contributed by atoms with Crippen molar-refractivity contribution in [2.75, 3.05) is 13.4 Å². The molecule has 3 aliphatic rings. The molecule has 0 spiro atoms. The summed E-state index contributed by atoms with van der Waals surface area (Å²) in [6, 6.07) is 6.17. The van der Waals surface area contributed by atoms with Gasteiger partial charge in [0.1, 0.15) is 42.4 Å². The maximum absolute atomic E-state index is 13.7. The molecule has 2 aliphatic heterocycles. The molecule has 0 N–H and O–H groups in total. The van der Waals surface area contributed by atoms with Crippen molar-refractivity contribution in [3.05, 3.63) is 29.8 Å². The normalized spacial score (nSPS) is 33.5. The van der Waals surface area contributed by atoms with Crippen LogP contribution in [-0.4, -0.2) is 76.1 Å². The molecule has 7 atom stereocenters. The van der Waals surface area contributed by atoms with E-state index in [0.717, 1.165) is 6.26 Å². The van der Waals surface area contributed by atoms with Crippen LogP contribution in [0.2, 0.25) is 0 Å². The van der Waals surface area contributed by atoms with Crippen molar-refractivity contribution in [1.82, 2.24) is 0 Å². The maximum Gasteiger partial charge on any atom is 0.530 e. The van der Waals surface area contributed by atoms with Crippen LogP contribution in [0, 0.1) is 0 Å². The van der Waals surface area contributed by atoms with Crippen LogP contribution in [0.4, 0.5) is 0 Å². The van der Waals surface area contributed by atoms with Crippen molar-refractivity contribution in [3.8, 4) is 5.75 Å². The number of hydrogen-bond acceptors (Lipinski definition) is 12. The predicted octanol–water partition coefficient (Wildman–Crippen LogP) is 3.53. The molecular weight excluding hydrogens is 543 g/mol. The van der Waals surface area contributed by atoms with E-state index in [9.17, 15) is 13.0 Å². The van der Waals surface area contributed by atoms with Crippen LogP contribution in [0.1, 0.15) is 47.1 Å². The molecule has 1 aliphatic carbocycles. The van der Waals surface area contributed by atoms with Gasteiger partial charge in [-0.3, -0.25) is 13.2 Å². The fourth-order valence-corrected chi connectivity index (χ4v) is 6.29. The zero-order valence-electron chi connectivity index (χ0n) is 22.8. The van der Waals surface area contributed by atoms with Gasteiger partial charge in [0.15, 0.2) is 11.6 Å². The molecule has 216 valence electrons. The Morgan fingerprint density at radius 2 is 1.37 bits per heavy atom. The van der Waals surface area contributed by atoms with Crippen LogP contribution >= 0.6 is 7.82 Å². The van der Waals surface area contributed by atoms with Crippen molar-refractivity contribution in [1.29, 1.82) is 0 Å². The second-order valence-corrected chi connectivity index (χ2v) is 14.0. The Hall–Kier alpha value is -1.12. The Balaban J connectivity index is 1.57. The summed E-state index contributed by atoms with van der Waals surface area (Å²) in [7, 11) is -6.60. The van der Waals surface area contributed by atoms with E-state index in [4.69, 9.17) is 41.4 Å². The molecule has 38 heavy (non-hydrogen) atoms. The van der Waals surface area contributed by atoms with Gasteiger partial charge in [-0.2, -0.15) is 8.42 Å². The Morgan fingerprint density at radius 3 is 1.79 bits per heavy atom. The molecule has 1 saturated carbocycles.